The molecule has 0 rings (SSSR count). The zero-order chi connectivity index (χ0) is 13.6. The molecule has 0 aromatic heterocycles. The van der Waals surface area contributed by atoms with E-state index in [0.717, 1.165) is 13.1 Å². The maximum atomic E-state index is 10.4. The summed E-state index contributed by atoms with van der Waals surface area (Å²) in [5.74, 6) is -0.763. The molecule has 0 spiro atoms. The molecule has 0 atom stereocenters. The average Bonchev–Trinajstić information content (AvgIpc) is 2.36. The molecule has 0 aliphatic rings. The number of rotatable bonds is 13. The van der Waals surface area contributed by atoms with E-state index in [0.29, 0.717) is 39.6 Å². The summed E-state index contributed by atoms with van der Waals surface area (Å²) in [6, 6.07) is 0. The molecule has 0 heterocycles. The van der Waals surface area contributed by atoms with Crippen LogP contribution in [0.3, 0.4) is 0 Å². The lowest BCUT2D eigenvalue weighted by molar-refractivity contribution is -0.137. The molecule has 0 bridgehead atoms. The molecule has 6 nitrogen and oxygen atoms in total. The number of hydrogen-bond donors (Lipinski definition) is 1. The van der Waals surface area contributed by atoms with E-state index in [1.54, 1.807) is 7.11 Å². The normalized spacial score (nSPS) is 11.1. The summed E-state index contributed by atoms with van der Waals surface area (Å²) in [7, 11) is 1.64. The first-order valence-corrected chi connectivity index (χ1v) is 6.29. The number of ether oxygens (including phenoxy) is 3. The van der Waals surface area contributed by atoms with E-state index in [2.05, 4.69) is 4.90 Å². The monoisotopic (exact) mass is 263 g/mol. The van der Waals surface area contributed by atoms with Crippen LogP contribution in [0.2, 0.25) is 0 Å². The number of carboxylic acid groups (broad SMARTS) is 1. The fourth-order valence-corrected chi connectivity index (χ4v) is 1.34. The molecular weight excluding hydrogens is 238 g/mol. The quantitative estimate of drug-likeness (QED) is 0.487. The second-order valence-corrected chi connectivity index (χ2v) is 3.80. The van der Waals surface area contributed by atoms with Crippen molar-refractivity contribution in [3.8, 4) is 0 Å². The molecule has 0 aliphatic carbocycles. The number of carbonyl (C=O) groups is 1. The Kier molecular flexibility index (Phi) is 12.3. The third-order valence-electron chi connectivity index (χ3n) is 2.44. The van der Waals surface area contributed by atoms with Gasteiger partial charge in [0.05, 0.1) is 39.5 Å². The maximum absolute atomic E-state index is 10.4. The highest BCUT2D eigenvalue weighted by molar-refractivity contribution is 5.66. The van der Waals surface area contributed by atoms with E-state index in [4.69, 9.17) is 19.3 Å². The lowest BCUT2D eigenvalue weighted by Gasteiger charge is -2.19. The molecule has 1 N–H and O–H groups in total. The summed E-state index contributed by atoms with van der Waals surface area (Å²) >= 11 is 0. The number of methoxy groups -OCH3 is 1. The van der Waals surface area contributed by atoms with Gasteiger partial charge in [-0.2, -0.15) is 0 Å². The van der Waals surface area contributed by atoms with Gasteiger partial charge in [0.1, 0.15) is 0 Å². The zero-order valence-electron chi connectivity index (χ0n) is 11.4. The van der Waals surface area contributed by atoms with Gasteiger partial charge in [0.25, 0.3) is 0 Å². The Morgan fingerprint density at radius 1 is 1.06 bits per heavy atom. The Labute approximate surface area is 109 Å². The van der Waals surface area contributed by atoms with Gasteiger partial charge >= 0.3 is 5.97 Å². The van der Waals surface area contributed by atoms with Gasteiger partial charge in [0.15, 0.2) is 0 Å². The van der Waals surface area contributed by atoms with E-state index < -0.39 is 5.97 Å². The molecule has 0 aromatic rings. The van der Waals surface area contributed by atoms with Crippen LogP contribution in [0.4, 0.5) is 0 Å². The molecule has 108 valence electrons. The van der Waals surface area contributed by atoms with E-state index in [1.807, 2.05) is 6.92 Å². The highest BCUT2D eigenvalue weighted by Crippen LogP contribution is 1.92. The average molecular weight is 263 g/mol. The van der Waals surface area contributed by atoms with Crippen LogP contribution in [0.15, 0.2) is 0 Å². The summed E-state index contributed by atoms with van der Waals surface area (Å²) in [6.07, 6.45) is 0.175. The SMILES string of the molecule is CCN(CCOCCOCCOC)CCC(=O)O. The van der Waals surface area contributed by atoms with E-state index in [1.165, 1.54) is 0 Å². The zero-order valence-corrected chi connectivity index (χ0v) is 11.4. The van der Waals surface area contributed by atoms with Crippen molar-refractivity contribution in [2.45, 2.75) is 13.3 Å². The Morgan fingerprint density at radius 3 is 2.22 bits per heavy atom. The Morgan fingerprint density at radius 2 is 1.67 bits per heavy atom. The van der Waals surface area contributed by atoms with Crippen molar-refractivity contribution in [1.29, 1.82) is 0 Å². The lowest BCUT2D eigenvalue weighted by atomic mass is 10.4. The van der Waals surface area contributed by atoms with Gasteiger partial charge in [0, 0.05) is 20.2 Å². The van der Waals surface area contributed by atoms with Crippen LogP contribution in [0.25, 0.3) is 0 Å². The number of nitrogens with zero attached hydrogens (tertiary/aromatic N) is 1. The van der Waals surface area contributed by atoms with Crippen LogP contribution in [-0.4, -0.2) is 75.8 Å². The van der Waals surface area contributed by atoms with Crippen molar-refractivity contribution >= 4 is 5.97 Å². The van der Waals surface area contributed by atoms with Crippen molar-refractivity contribution in [2.24, 2.45) is 0 Å². The minimum atomic E-state index is -0.763. The number of aliphatic carboxylic acids is 1. The van der Waals surface area contributed by atoms with E-state index in [9.17, 15) is 4.79 Å². The van der Waals surface area contributed by atoms with Gasteiger partial charge in [-0.15, -0.1) is 0 Å². The lowest BCUT2D eigenvalue weighted by Crippen LogP contribution is -2.30. The van der Waals surface area contributed by atoms with Gasteiger partial charge in [-0.25, -0.2) is 0 Å². The summed E-state index contributed by atoms with van der Waals surface area (Å²) in [4.78, 5) is 12.5. The minimum Gasteiger partial charge on any atom is -0.481 e. The van der Waals surface area contributed by atoms with Gasteiger partial charge in [-0.1, -0.05) is 6.92 Å². The summed E-state index contributed by atoms with van der Waals surface area (Å²) < 4.78 is 15.5. The molecule has 0 fully saturated rings. The van der Waals surface area contributed by atoms with Gasteiger partial charge in [-0.3, -0.25) is 4.79 Å². The number of carboxylic acids is 1. The molecule has 0 saturated carbocycles. The maximum Gasteiger partial charge on any atom is 0.304 e. The molecular formula is C12H25NO5. The Bertz CT molecular complexity index is 201. The minimum absolute atomic E-state index is 0.175. The topological polar surface area (TPSA) is 68.2 Å². The highest BCUT2D eigenvalue weighted by atomic mass is 16.5. The molecule has 0 saturated heterocycles. The van der Waals surface area contributed by atoms with E-state index in [-0.39, 0.29) is 6.42 Å². The molecule has 0 amide bonds. The van der Waals surface area contributed by atoms with Crippen molar-refractivity contribution in [1.82, 2.24) is 4.90 Å². The van der Waals surface area contributed by atoms with Crippen molar-refractivity contribution in [3.63, 3.8) is 0 Å². The van der Waals surface area contributed by atoms with Crippen molar-refractivity contribution in [3.05, 3.63) is 0 Å². The van der Waals surface area contributed by atoms with Crippen molar-refractivity contribution in [2.75, 3.05) is 59.8 Å². The van der Waals surface area contributed by atoms with Crippen LogP contribution >= 0.6 is 0 Å². The van der Waals surface area contributed by atoms with Crippen LogP contribution in [0.5, 0.6) is 0 Å². The highest BCUT2D eigenvalue weighted by Gasteiger charge is 2.04. The fraction of sp³-hybridized carbons (Fsp3) is 0.917. The number of likely N-dealkylation sites (N-methyl/N-ethyl adjacent to an activating group) is 1. The molecule has 6 heteroatoms. The van der Waals surface area contributed by atoms with Crippen LogP contribution in [0, 0.1) is 0 Å². The predicted molar refractivity (Wildman–Crippen MR) is 67.9 cm³/mol. The molecule has 0 aliphatic heterocycles. The van der Waals surface area contributed by atoms with Crippen LogP contribution in [0.1, 0.15) is 13.3 Å². The van der Waals surface area contributed by atoms with Gasteiger partial charge < -0.3 is 24.2 Å². The van der Waals surface area contributed by atoms with Gasteiger partial charge in [-0.05, 0) is 6.54 Å². The first kappa shape index (κ1) is 17.3. The molecule has 18 heavy (non-hydrogen) atoms. The third kappa shape index (κ3) is 11.8. The smallest absolute Gasteiger partial charge is 0.304 e. The number of hydrogen-bond acceptors (Lipinski definition) is 5. The van der Waals surface area contributed by atoms with Crippen LogP contribution < -0.4 is 0 Å². The van der Waals surface area contributed by atoms with Crippen molar-refractivity contribution < 1.29 is 24.1 Å². The summed E-state index contributed by atoms with van der Waals surface area (Å²) in [6.45, 7) is 7.06. The van der Waals surface area contributed by atoms with E-state index >= 15 is 0 Å². The summed E-state index contributed by atoms with van der Waals surface area (Å²) in [5.41, 5.74) is 0. The predicted octanol–water partition coefficient (Wildman–Crippen LogP) is 0.463. The molecule has 0 radical (unpaired) electrons. The molecule has 0 unspecified atom stereocenters. The second-order valence-electron chi connectivity index (χ2n) is 3.80. The second kappa shape index (κ2) is 12.8. The Hall–Kier alpha value is -0.690. The first-order chi connectivity index (χ1) is 8.70. The third-order valence-corrected chi connectivity index (χ3v) is 2.44. The standard InChI is InChI=1S/C12H25NO5/c1-3-13(5-4-12(14)15)6-7-17-10-11-18-9-8-16-2/h3-11H2,1-2H3,(H,14,15). The summed E-state index contributed by atoms with van der Waals surface area (Å²) in [5, 5.41) is 8.59. The largest absolute Gasteiger partial charge is 0.481 e. The first-order valence-electron chi connectivity index (χ1n) is 6.29. The molecule has 0 aromatic carbocycles. The van der Waals surface area contributed by atoms with Gasteiger partial charge in [0.2, 0.25) is 0 Å². The fourth-order valence-electron chi connectivity index (χ4n) is 1.34. The Balaban J connectivity index is 3.31. The van der Waals surface area contributed by atoms with Crippen LogP contribution in [-0.2, 0) is 19.0 Å².